The van der Waals surface area contributed by atoms with Gasteiger partial charge in [-0.1, -0.05) is 43.7 Å². The molecule has 2 rings (SSSR count). The van der Waals surface area contributed by atoms with Gasteiger partial charge in [0.15, 0.2) is 5.78 Å². The Hall–Kier alpha value is -3.02. The third-order valence-electron chi connectivity index (χ3n) is 4.17. The van der Waals surface area contributed by atoms with E-state index < -0.39 is 4.92 Å². The van der Waals surface area contributed by atoms with Crippen LogP contribution in [0.15, 0.2) is 42.5 Å². The molecule has 0 atom stereocenters. The fourth-order valence-corrected chi connectivity index (χ4v) is 2.69. The lowest BCUT2D eigenvalue weighted by Crippen LogP contribution is -2.14. The molecule has 6 nitrogen and oxygen atoms in total. The average Bonchev–Trinajstić information content (AvgIpc) is 2.62. The summed E-state index contributed by atoms with van der Waals surface area (Å²) in [5, 5.41) is 13.6. The van der Waals surface area contributed by atoms with E-state index in [4.69, 9.17) is 0 Å². The largest absolute Gasteiger partial charge is 0.326 e. The van der Waals surface area contributed by atoms with Crippen molar-refractivity contribution in [2.24, 2.45) is 0 Å². The van der Waals surface area contributed by atoms with Crippen LogP contribution in [0.2, 0.25) is 0 Å². The summed E-state index contributed by atoms with van der Waals surface area (Å²) >= 11 is 0. The molecule has 1 N–H and O–H groups in total. The number of nitro groups is 1. The van der Waals surface area contributed by atoms with Crippen molar-refractivity contribution in [3.63, 3.8) is 0 Å². The second-order valence-corrected chi connectivity index (χ2v) is 6.13. The number of Topliss-reactive ketones (excluding diaryl/α,β-unsaturated/α-hetero) is 1. The second kappa shape index (κ2) is 8.89. The first-order chi connectivity index (χ1) is 12.4. The Labute approximate surface area is 152 Å². The van der Waals surface area contributed by atoms with Crippen LogP contribution in [0.25, 0.3) is 0 Å². The molecule has 0 aliphatic rings. The molecular formula is C20H22N2O4. The second-order valence-electron chi connectivity index (χ2n) is 6.13. The van der Waals surface area contributed by atoms with E-state index >= 15 is 0 Å². The molecule has 0 fully saturated rings. The fraction of sp³-hybridized carbons (Fsp3) is 0.300. The van der Waals surface area contributed by atoms with Crippen LogP contribution in [-0.2, 0) is 11.2 Å². The van der Waals surface area contributed by atoms with E-state index in [-0.39, 0.29) is 30.2 Å². The van der Waals surface area contributed by atoms with Crippen LogP contribution < -0.4 is 5.32 Å². The van der Waals surface area contributed by atoms with E-state index in [1.54, 1.807) is 25.1 Å². The van der Waals surface area contributed by atoms with E-state index in [9.17, 15) is 19.7 Å². The number of rotatable bonds is 8. The van der Waals surface area contributed by atoms with E-state index in [0.717, 1.165) is 12.8 Å². The van der Waals surface area contributed by atoms with Gasteiger partial charge in [-0.3, -0.25) is 19.7 Å². The van der Waals surface area contributed by atoms with E-state index in [1.807, 2.05) is 12.1 Å². The smallest absolute Gasteiger partial charge is 0.274 e. The quantitative estimate of drug-likeness (QED) is 0.430. The van der Waals surface area contributed by atoms with Crippen LogP contribution in [0.3, 0.4) is 0 Å². The highest BCUT2D eigenvalue weighted by atomic mass is 16.6. The number of hydrogen-bond donors (Lipinski definition) is 1. The van der Waals surface area contributed by atoms with Crippen LogP contribution in [-0.4, -0.2) is 16.6 Å². The Morgan fingerprint density at radius 3 is 2.38 bits per heavy atom. The number of carbonyl (C=O) groups is 2. The van der Waals surface area contributed by atoms with Crippen molar-refractivity contribution in [2.75, 3.05) is 5.32 Å². The van der Waals surface area contributed by atoms with Crippen molar-refractivity contribution in [1.29, 1.82) is 0 Å². The molecule has 136 valence electrons. The van der Waals surface area contributed by atoms with Crippen molar-refractivity contribution in [3.05, 3.63) is 69.3 Å². The van der Waals surface area contributed by atoms with Gasteiger partial charge >= 0.3 is 0 Å². The van der Waals surface area contributed by atoms with Crippen LogP contribution >= 0.6 is 0 Å². The molecule has 0 radical (unpaired) electrons. The zero-order chi connectivity index (χ0) is 19.1. The minimum absolute atomic E-state index is 0.0255. The number of benzene rings is 2. The topological polar surface area (TPSA) is 89.3 Å². The summed E-state index contributed by atoms with van der Waals surface area (Å²) in [6, 6.07) is 12.0. The van der Waals surface area contributed by atoms with Crippen molar-refractivity contribution in [3.8, 4) is 0 Å². The number of anilines is 1. The molecule has 26 heavy (non-hydrogen) atoms. The first-order valence-electron chi connectivity index (χ1n) is 8.58. The van der Waals surface area contributed by atoms with Crippen molar-refractivity contribution in [1.82, 2.24) is 0 Å². The lowest BCUT2D eigenvalue weighted by molar-refractivity contribution is -0.385. The predicted octanol–water partition coefficient (Wildman–Crippen LogP) is 4.46. The van der Waals surface area contributed by atoms with Crippen LogP contribution in [0.4, 0.5) is 11.4 Å². The zero-order valence-corrected chi connectivity index (χ0v) is 15.0. The zero-order valence-electron chi connectivity index (χ0n) is 15.0. The van der Waals surface area contributed by atoms with Gasteiger partial charge in [-0.05, 0) is 25.0 Å². The SMILES string of the molecule is CCCc1ccc(C(=O)CCC(=O)Nc2cccc([N+](=O)[O-])c2C)cc1. The molecule has 0 spiro atoms. The molecule has 1 amide bonds. The number of carbonyl (C=O) groups excluding carboxylic acids is 2. The molecular weight excluding hydrogens is 332 g/mol. The monoisotopic (exact) mass is 354 g/mol. The van der Waals surface area contributed by atoms with Crippen LogP contribution in [0.1, 0.15) is 47.7 Å². The summed E-state index contributed by atoms with van der Waals surface area (Å²) < 4.78 is 0. The highest BCUT2D eigenvalue weighted by Gasteiger charge is 2.15. The number of nitrogens with zero attached hydrogens (tertiary/aromatic N) is 1. The minimum Gasteiger partial charge on any atom is -0.326 e. The lowest BCUT2D eigenvalue weighted by atomic mass is 10.0. The normalized spacial score (nSPS) is 10.4. The molecule has 0 unspecified atom stereocenters. The van der Waals surface area contributed by atoms with Gasteiger partial charge in [0.25, 0.3) is 5.69 Å². The number of nitrogens with one attached hydrogen (secondary N) is 1. The predicted molar refractivity (Wildman–Crippen MR) is 100 cm³/mol. The first-order valence-corrected chi connectivity index (χ1v) is 8.58. The van der Waals surface area contributed by atoms with Gasteiger partial charge in [0.1, 0.15) is 0 Å². The van der Waals surface area contributed by atoms with Crippen molar-refractivity contribution >= 4 is 23.1 Å². The Morgan fingerprint density at radius 1 is 1.08 bits per heavy atom. The molecule has 2 aromatic rings. The number of nitro benzene ring substituents is 1. The lowest BCUT2D eigenvalue weighted by Gasteiger charge is -2.08. The summed E-state index contributed by atoms with van der Waals surface area (Å²) in [6.07, 6.45) is 2.13. The third-order valence-corrected chi connectivity index (χ3v) is 4.17. The first kappa shape index (κ1) is 19.3. The van der Waals surface area contributed by atoms with Crippen molar-refractivity contribution < 1.29 is 14.5 Å². The maximum Gasteiger partial charge on any atom is 0.274 e. The van der Waals surface area contributed by atoms with Gasteiger partial charge in [0, 0.05) is 24.5 Å². The molecule has 2 aromatic carbocycles. The molecule has 0 aliphatic heterocycles. The number of amides is 1. The Balaban J connectivity index is 1.93. The van der Waals surface area contributed by atoms with Gasteiger partial charge in [-0.15, -0.1) is 0 Å². The van der Waals surface area contributed by atoms with Gasteiger partial charge in [0.2, 0.25) is 5.91 Å². The number of aryl methyl sites for hydroxylation is 1. The van der Waals surface area contributed by atoms with Crippen LogP contribution in [0, 0.1) is 17.0 Å². The highest BCUT2D eigenvalue weighted by Crippen LogP contribution is 2.25. The third kappa shape index (κ3) is 4.99. The summed E-state index contributed by atoms with van der Waals surface area (Å²) in [4.78, 5) is 34.8. The molecule has 0 bridgehead atoms. The van der Waals surface area contributed by atoms with Gasteiger partial charge in [-0.2, -0.15) is 0 Å². The van der Waals surface area contributed by atoms with Gasteiger partial charge < -0.3 is 5.32 Å². The molecule has 0 aliphatic carbocycles. The minimum atomic E-state index is -0.489. The molecule has 6 heteroatoms. The maximum atomic E-state index is 12.2. The summed E-state index contributed by atoms with van der Waals surface area (Å²) in [6.45, 7) is 3.68. The number of ketones is 1. The molecule has 0 saturated carbocycles. The Kier molecular flexibility index (Phi) is 6.60. The molecule has 0 aromatic heterocycles. The van der Waals surface area contributed by atoms with Crippen LogP contribution in [0.5, 0.6) is 0 Å². The summed E-state index contributed by atoms with van der Waals surface area (Å²) in [7, 11) is 0. The summed E-state index contributed by atoms with van der Waals surface area (Å²) in [5.74, 6) is -0.441. The Morgan fingerprint density at radius 2 is 1.77 bits per heavy atom. The molecule has 0 heterocycles. The van der Waals surface area contributed by atoms with E-state index in [0.29, 0.717) is 16.8 Å². The fourth-order valence-electron chi connectivity index (χ4n) is 2.69. The van der Waals surface area contributed by atoms with Crippen molar-refractivity contribution in [2.45, 2.75) is 39.5 Å². The Bertz CT molecular complexity index is 813. The van der Waals surface area contributed by atoms with E-state index in [2.05, 4.69) is 12.2 Å². The average molecular weight is 354 g/mol. The van der Waals surface area contributed by atoms with Gasteiger partial charge in [-0.25, -0.2) is 0 Å². The highest BCUT2D eigenvalue weighted by molar-refractivity contribution is 6.00. The number of hydrogen-bond acceptors (Lipinski definition) is 4. The van der Waals surface area contributed by atoms with E-state index in [1.165, 1.54) is 17.7 Å². The summed E-state index contributed by atoms with van der Waals surface area (Å²) in [5.41, 5.74) is 2.50. The van der Waals surface area contributed by atoms with Gasteiger partial charge in [0.05, 0.1) is 16.2 Å². The molecule has 0 saturated heterocycles. The maximum absolute atomic E-state index is 12.2. The standard InChI is InChI=1S/C20H22N2O4/c1-3-5-15-8-10-16(11-9-15)19(23)12-13-20(24)21-17-6-4-7-18(14(17)2)22(25)26/h4,6-11H,3,5,12-13H2,1-2H3,(H,21,24).